The van der Waals surface area contributed by atoms with E-state index in [-0.39, 0.29) is 35.6 Å². The average Bonchev–Trinajstić information content (AvgIpc) is 3.19. The minimum absolute atomic E-state index is 0. The molecule has 7 heteroatoms. The van der Waals surface area contributed by atoms with Gasteiger partial charge in [0.1, 0.15) is 11.4 Å². The molecule has 1 unspecified atom stereocenters. The molecular weight excluding hydrogens is 503 g/mol. The van der Waals surface area contributed by atoms with Crippen LogP contribution >= 0.6 is 24.0 Å². The quantitative estimate of drug-likeness (QED) is 0.303. The fourth-order valence-corrected chi connectivity index (χ4v) is 4.50. The van der Waals surface area contributed by atoms with Crippen molar-refractivity contribution in [2.45, 2.75) is 57.2 Å². The Balaban J connectivity index is 0.00000272. The summed E-state index contributed by atoms with van der Waals surface area (Å²) in [6.07, 6.45) is 5.62. The molecule has 1 aliphatic heterocycles. The van der Waals surface area contributed by atoms with E-state index in [1.165, 1.54) is 18.4 Å². The molecule has 1 fully saturated rings. The number of nitrogens with two attached hydrogens (primary N) is 1. The van der Waals surface area contributed by atoms with Crippen molar-refractivity contribution in [3.8, 4) is 5.75 Å². The first-order chi connectivity index (χ1) is 14.6. The number of fused-ring (bicyclic) bond motifs is 1. The minimum Gasteiger partial charge on any atom is -0.487 e. The highest BCUT2D eigenvalue weighted by Crippen LogP contribution is 2.46. The zero-order valence-corrected chi connectivity index (χ0v) is 20.2. The molecule has 4 rings (SSSR count). The minimum atomic E-state index is -0.418. The summed E-state index contributed by atoms with van der Waals surface area (Å²) in [4.78, 5) is 16.0. The summed E-state index contributed by atoms with van der Waals surface area (Å²) >= 11 is 0. The predicted molar refractivity (Wildman–Crippen MR) is 134 cm³/mol. The van der Waals surface area contributed by atoms with Gasteiger partial charge in [-0.3, -0.25) is 4.79 Å². The van der Waals surface area contributed by atoms with Gasteiger partial charge in [0, 0.05) is 24.1 Å². The number of nitrogens with one attached hydrogen (secondary N) is 2. The Bertz CT molecular complexity index is 923. The molecule has 0 saturated heterocycles. The molecule has 31 heavy (non-hydrogen) atoms. The third-order valence-electron chi connectivity index (χ3n) is 6.03. The topological polar surface area (TPSA) is 88.7 Å². The molecule has 1 spiro atoms. The highest BCUT2D eigenvalue weighted by molar-refractivity contribution is 14.0. The molecule has 6 nitrogen and oxygen atoms in total. The van der Waals surface area contributed by atoms with Gasteiger partial charge in [0.25, 0.3) is 0 Å². The Kier molecular flexibility index (Phi) is 7.80. The molecule has 1 aliphatic carbocycles. The van der Waals surface area contributed by atoms with Crippen molar-refractivity contribution in [2.75, 3.05) is 6.54 Å². The van der Waals surface area contributed by atoms with Crippen molar-refractivity contribution >= 4 is 35.8 Å². The van der Waals surface area contributed by atoms with Gasteiger partial charge in [0.15, 0.2) is 5.96 Å². The van der Waals surface area contributed by atoms with E-state index in [1.54, 1.807) is 12.1 Å². The highest BCUT2D eigenvalue weighted by atomic mass is 127. The molecule has 0 aromatic heterocycles. The summed E-state index contributed by atoms with van der Waals surface area (Å²) < 4.78 is 6.47. The van der Waals surface area contributed by atoms with Crippen molar-refractivity contribution < 1.29 is 9.53 Å². The number of hydrogen-bond acceptors (Lipinski definition) is 3. The maximum atomic E-state index is 11.3. The second kappa shape index (κ2) is 10.3. The molecule has 2 aromatic carbocycles. The van der Waals surface area contributed by atoms with E-state index in [0.29, 0.717) is 12.1 Å². The van der Waals surface area contributed by atoms with E-state index in [2.05, 4.69) is 35.8 Å². The van der Waals surface area contributed by atoms with Crippen LogP contribution in [0.4, 0.5) is 0 Å². The highest BCUT2D eigenvalue weighted by Gasteiger charge is 2.43. The van der Waals surface area contributed by atoms with Gasteiger partial charge in [-0.2, -0.15) is 0 Å². The average molecular weight is 534 g/mol. The number of carbonyl (C=O) groups is 1. The number of amides is 1. The maximum Gasteiger partial charge on any atom is 0.248 e. The lowest BCUT2D eigenvalue weighted by atomic mass is 9.86. The van der Waals surface area contributed by atoms with Crippen molar-refractivity contribution in [1.82, 2.24) is 10.6 Å². The third kappa shape index (κ3) is 5.50. The fourth-order valence-electron chi connectivity index (χ4n) is 4.50. The Labute approximate surface area is 201 Å². The number of nitrogens with zero attached hydrogens (tertiary/aromatic N) is 1. The van der Waals surface area contributed by atoms with E-state index in [0.717, 1.165) is 43.1 Å². The number of guanidine groups is 1. The van der Waals surface area contributed by atoms with Crippen LogP contribution in [0.15, 0.2) is 53.5 Å². The summed E-state index contributed by atoms with van der Waals surface area (Å²) in [5.74, 6) is 1.35. The number of para-hydroxylation sites is 1. The van der Waals surface area contributed by atoms with Crippen LogP contribution in [0.25, 0.3) is 0 Å². The number of primary amides is 1. The van der Waals surface area contributed by atoms with Crippen LogP contribution in [0.5, 0.6) is 5.75 Å². The van der Waals surface area contributed by atoms with Crippen molar-refractivity contribution in [3.05, 3.63) is 65.2 Å². The van der Waals surface area contributed by atoms with E-state index < -0.39 is 5.91 Å². The molecule has 1 atom stereocenters. The molecule has 166 valence electrons. The van der Waals surface area contributed by atoms with E-state index in [9.17, 15) is 4.79 Å². The Morgan fingerprint density at radius 1 is 1.16 bits per heavy atom. The maximum absolute atomic E-state index is 11.3. The van der Waals surface area contributed by atoms with Crippen molar-refractivity contribution in [1.29, 1.82) is 0 Å². The first kappa shape index (κ1) is 23.4. The zero-order chi connectivity index (χ0) is 21.0. The second-order valence-corrected chi connectivity index (χ2v) is 8.19. The van der Waals surface area contributed by atoms with Gasteiger partial charge < -0.3 is 21.1 Å². The summed E-state index contributed by atoms with van der Waals surface area (Å²) in [7, 11) is 0. The number of rotatable bonds is 5. The van der Waals surface area contributed by atoms with Gasteiger partial charge in [0.05, 0.1) is 12.6 Å². The van der Waals surface area contributed by atoms with Crippen LogP contribution in [-0.2, 0) is 6.54 Å². The summed E-state index contributed by atoms with van der Waals surface area (Å²) in [5, 5.41) is 7.01. The molecule has 2 aromatic rings. The standard InChI is InChI=1S/C24H30N4O2.HI/c1-2-26-23(27-16-17-9-11-18(12-10-17)22(25)29)28-20-15-24(13-5-6-14-24)30-21-8-4-3-7-19(20)21;/h3-4,7-12,20H,2,5-6,13-16H2,1H3,(H2,25,29)(H2,26,27,28);1H. The van der Waals surface area contributed by atoms with Gasteiger partial charge >= 0.3 is 0 Å². The Morgan fingerprint density at radius 3 is 2.55 bits per heavy atom. The van der Waals surface area contributed by atoms with E-state index in [1.807, 2.05) is 18.2 Å². The number of carbonyl (C=O) groups excluding carboxylic acids is 1. The summed E-state index contributed by atoms with van der Waals surface area (Å²) in [6, 6.07) is 15.7. The van der Waals surface area contributed by atoms with E-state index >= 15 is 0 Å². The summed E-state index contributed by atoms with van der Waals surface area (Å²) in [6.45, 7) is 3.36. The first-order valence-electron chi connectivity index (χ1n) is 10.8. The van der Waals surface area contributed by atoms with Crippen LogP contribution in [0.3, 0.4) is 0 Å². The number of halogens is 1. The van der Waals surface area contributed by atoms with Gasteiger partial charge in [-0.15, -0.1) is 24.0 Å². The van der Waals surface area contributed by atoms with Crippen LogP contribution in [-0.4, -0.2) is 24.0 Å². The van der Waals surface area contributed by atoms with E-state index in [4.69, 9.17) is 15.5 Å². The molecule has 1 saturated carbocycles. The first-order valence-corrected chi connectivity index (χ1v) is 10.8. The van der Waals surface area contributed by atoms with Crippen molar-refractivity contribution in [3.63, 3.8) is 0 Å². The SMILES string of the molecule is CCNC(=NCc1ccc(C(N)=O)cc1)NC1CC2(CCCC2)Oc2ccccc21.I. The second-order valence-electron chi connectivity index (χ2n) is 8.19. The number of ether oxygens (including phenoxy) is 1. The largest absolute Gasteiger partial charge is 0.487 e. The number of benzene rings is 2. The lowest BCUT2D eigenvalue weighted by molar-refractivity contribution is 0.0396. The lowest BCUT2D eigenvalue weighted by Crippen LogP contribution is -2.46. The van der Waals surface area contributed by atoms with Gasteiger partial charge in [-0.05, 0) is 56.4 Å². The lowest BCUT2D eigenvalue weighted by Gasteiger charge is -2.40. The predicted octanol–water partition coefficient (Wildman–Crippen LogP) is 4.30. The third-order valence-corrected chi connectivity index (χ3v) is 6.03. The molecule has 1 amide bonds. The van der Waals surface area contributed by atoms with Crippen molar-refractivity contribution in [2.24, 2.45) is 10.7 Å². The summed E-state index contributed by atoms with van der Waals surface area (Å²) in [5.41, 5.74) is 7.98. The van der Waals surface area contributed by atoms with Gasteiger partial charge in [0.2, 0.25) is 5.91 Å². The molecule has 2 aliphatic rings. The van der Waals surface area contributed by atoms with Crippen LogP contribution in [0.1, 0.15) is 66.6 Å². The van der Waals surface area contributed by atoms with Crippen LogP contribution < -0.4 is 21.1 Å². The van der Waals surface area contributed by atoms with Crippen LogP contribution in [0, 0.1) is 0 Å². The molecule has 1 heterocycles. The Morgan fingerprint density at radius 2 is 1.87 bits per heavy atom. The number of aliphatic imine (C=N–C) groups is 1. The Hall–Kier alpha value is -2.29. The fraction of sp³-hybridized carbons (Fsp3) is 0.417. The van der Waals surface area contributed by atoms with Crippen LogP contribution in [0.2, 0.25) is 0 Å². The van der Waals surface area contributed by atoms with Gasteiger partial charge in [-0.25, -0.2) is 4.99 Å². The zero-order valence-electron chi connectivity index (χ0n) is 17.9. The normalized spacial score (nSPS) is 19.1. The van der Waals surface area contributed by atoms with Gasteiger partial charge in [-0.1, -0.05) is 30.3 Å². The number of hydrogen-bond donors (Lipinski definition) is 3. The monoisotopic (exact) mass is 534 g/mol. The smallest absolute Gasteiger partial charge is 0.248 e. The molecule has 0 bridgehead atoms. The molecule has 4 N–H and O–H groups in total. The molecule has 0 radical (unpaired) electrons. The molecular formula is C24H31IN4O2.